The molecule has 0 aromatic carbocycles. The van der Waals surface area contributed by atoms with E-state index >= 15 is 0 Å². The van der Waals surface area contributed by atoms with E-state index in [2.05, 4.69) is 42.2 Å². The van der Waals surface area contributed by atoms with Crippen LogP contribution in [0.15, 0.2) is 18.5 Å². The largest absolute Gasteiger partial charge is 0.383 e. The van der Waals surface area contributed by atoms with Gasteiger partial charge in [0.25, 0.3) is 0 Å². The molecule has 1 unspecified atom stereocenters. The maximum absolute atomic E-state index is 5.19. The molecule has 1 aromatic rings. The Kier molecular flexibility index (Phi) is 4.85. The quantitative estimate of drug-likeness (QED) is 0.774. The lowest BCUT2D eigenvalue weighted by atomic mass is 10.1. The molecular formula is C12H22N2O. The summed E-state index contributed by atoms with van der Waals surface area (Å²) in [6, 6.07) is 2.56. The van der Waals surface area contributed by atoms with Gasteiger partial charge >= 0.3 is 0 Å². The van der Waals surface area contributed by atoms with Gasteiger partial charge in [-0.15, -0.1) is 0 Å². The first kappa shape index (κ1) is 12.3. The lowest BCUT2D eigenvalue weighted by Gasteiger charge is -2.21. The van der Waals surface area contributed by atoms with E-state index in [1.54, 1.807) is 7.11 Å². The summed E-state index contributed by atoms with van der Waals surface area (Å²) < 4.78 is 7.26. The summed E-state index contributed by atoms with van der Waals surface area (Å²) >= 11 is 0. The smallest absolute Gasteiger partial charge is 0.0618 e. The number of hydrogen-bond acceptors (Lipinski definition) is 2. The summed E-state index contributed by atoms with van der Waals surface area (Å²) in [5.74, 6) is 0.591. The number of hydrogen-bond donors (Lipinski definition) is 1. The SMILES string of the molecule is COCC(NCc1ccn(C)c1)C(C)C. The minimum atomic E-state index is 0.426. The molecule has 1 aromatic heterocycles. The zero-order valence-electron chi connectivity index (χ0n) is 10.2. The fourth-order valence-corrected chi connectivity index (χ4v) is 1.58. The highest BCUT2D eigenvalue weighted by Gasteiger charge is 2.12. The van der Waals surface area contributed by atoms with Gasteiger partial charge in [-0.05, 0) is 17.5 Å². The summed E-state index contributed by atoms with van der Waals surface area (Å²) in [5.41, 5.74) is 1.32. The summed E-state index contributed by atoms with van der Waals surface area (Å²) in [6.07, 6.45) is 4.20. The van der Waals surface area contributed by atoms with E-state index in [0.717, 1.165) is 13.2 Å². The Morgan fingerprint density at radius 2 is 2.20 bits per heavy atom. The number of rotatable bonds is 6. The highest BCUT2D eigenvalue weighted by atomic mass is 16.5. The van der Waals surface area contributed by atoms with Crippen molar-refractivity contribution >= 4 is 0 Å². The van der Waals surface area contributed by atoms with Crippen molar-refractivity contribution < 1.29 is 4.74 Å². The van der Waals surface area contributed by atoms with E-state index < -0.39 is 0 Å². The number of aromatic nitrogens is 1. The average molecular weight is 210 g/mol. The summed E-state index contributed by atoms with van der Waals surface area (Å²) in [5, 5.41) is 3.51. The van der Waals surface area contributed by atoms with Crippen LogP contribution in [0.4, 0.5) is 0 Å². The molecule has 0 radical (unpaired) electrons. The van der Waals surface area contributed by atoms with Crippen molar-refractivity contribution in [1.29, 1.82) is 0 Å². The molecule has 0 fully saturated rings. The van der Waals surface area contributed by atoms with Crippen LogP contribution in [-0.2, 0) is 18.3 Å². The molecule has 1 atom stereocenters. The molecule has 3 heteroatoms. The third-order valence-corrected chi connectivity index (χ3v) is 2.61. The third-order valence-electron chi connectivity index (χ3n) is 2.61. The van der Waals surface area contributed by atoms with E-state index in [0.29, 0.717) is 12.0 Å². The second kappa shape index (κ2) is 5.93. The second-order valence-electron chi connectivity index (χ2n) is 4.37. The normalized spacial score (nSPS) is 13.4. The molecule has 0 saturated heterocycles. The van der Waals surface area contributed by atoms with Crippen molar-refractivity contribution in [3.8, 4) is 0 Å². The lowest BCUT2D eigenvalue weighted by Crippen LogP contribution is -2.37. The minimum absolute atomic E-state index is 0.426. The minimum Gasteiger partial charge on any atom is -0.383 e. The second-order valence-corrected chi connectivity index (χ2v) is 4.37. The van der Waals surface area contributed by atoms with E-state index in [1.807, 2.05) is 7.05 Å². The van der Waals surface area contributed by atoms with Gasteiger partial charge in [0.15, 0.2) is 0 Å². The van der Waals surface area contributed by atoms with Gasteiger partial charge in [0.1, 0.15) is 0 Å². The van der Waals surface area contributed by atoms with Gasteiger partial charge in [-0.1, -0.05) is 13.8 Å². The van der Waals surface area contributed by atoms with Crippen molar-refractivity contribution in [2.24, 2.45) is 13.0 Å². The van der Waals surface area contributed by atoms with Gasteiger partial charge < -0.3 is 14.6 Å². The molecule has 0 amide bonds. The van der Waals surface area contributed by atoms with Crippen LogP contribution in [0.25, 0.3) is 0 Å². The number of ether oxygens (including phenoxy) is 1. The molecule has 0 saturated carbocycles. The molecule has 0 aliphatic rings. The van der Waals surface area contributed by atoms with E-state index in [-0.39, 0.29) is 0 Å². The lowest BCUT2D eigenvalue weighted by molar-refractivity contribution is 0.146. The van der Waals surface area contributed by atoms with Gasteiger partial charge in [-0.2, -0.15) is 0 Å². The summed E-state index contributed by atoms with van der Waals surface area (Å²) in [4.78, 5) is 0. The van der Waals surface area contributed by atoms with Crippen LogP contribution < -0.4 is 5.32 Å². The molecule has 1 rings (SSSR count). The number of methoxy groups -OCH3 is 1. The molecule has 0 spiro atoms. The highest BCUT2D eigenvalue weighted by molar-refractivity contribution is 5.09. The Bertz CT molecular complexity index is 281. The van der Waals surface area contributed by atoms with Gasteiger partial charge in [0.05, 0.1) is 6.61 Å². The van der Waals surface area contributed by atoms with Crippen molar-refractivity contribution in [2.75, 3.05) is 13.7 Å². The zero-order chi connectivity index (χ0) is 11.3. The zero-order valence-corrected chi connectivity index (χ0v) is 10.2. The summed E-state index contributed by atoms with van der Waals surface area (Å²) in [7, 11) is 3.79. The maximum Gasteiger partial charge on any atom is 0.0618 e. The van der Waals surface area contributed by atoms with Crippen LogP contribution >= 0.6 is 0 Å². The van der Waals surface area contributed by atoms with Crippen LogP contribution in [0.2, 0.25) is 0 Å². The van der Waals surface area contributed by atoms with Gasteiger partial charge in [-0.25, -0.2) is 0 Å². The molecule has 1 N–H and O–H groups in total. The van der Waals surface area contributed by atoms with Crippen molar-refractivity contribution in [3.05, 3.63) is 24.0 Å². The average Bonchev–Trinajstić information content (AvgIpc) is 2.58. The molecule has 0 aliphatic carbocycles. The van der Waals surface area contributed by atoms with E-state index in [1.165, 1.54) is 5.56 Å². The van der Waals surface area contributed by atoms with E-state index in [4.69, 9.17) is 4.74 Å². The van der Waals surface area contributed by atoms with Crippen LogP contribution in [0.5, 0.6) is 0 Å². The number of nitrogens with zero attached hydrogens (tertiary/aromatic N) is 1. The third kappa shape index (κ3) is 4.06. The van der Waals surface area contributed by atoms with Crippen molar-refractivity contribution in [2.45, 2.75) is 26.4 Å². The summed E-state index contributed by atoms with van der Waals surface area (Å²) in [6.45, 7) is 6.10. The van der Waals surface area contributed by atoms with Crippen molar-refractivity contribution in [3.63, 3.8) is 0 Å². The number of nitrogens with one attached hydrogen (secondary N) is 1. The van der Waals surface area contributed by atoms with Crippen LogP contribution in [0, 0.1) is 5.92 Å². The first-order chi connectivity index (χ1) is 7.13. The Morgan fingerprint density at radius 1 is 1.47 bits per heavy atom. The molecule has 15 heavy (non-hydrogen) atoms. The van der Waals surface area contributed by atoms with Gasteiger partial charge in [-0.3, -0.25) is 0 Å². The Hall–Kier alpha value is -0.800. The molecule has 0 bridgehead atoms. The topological polar surface area (TPSA) is 26.2 Å². The first-order valence-electron chi connectivity index (χ1n) is 5.46. The number of aryl methyl sites for hydroxylation is 1. The monoisotopic (exact) mass is 210 g/mol. The predicted molar refractivity (Wildman–Crippen MR) is 62.8 cm³/mol. The highest BCUT2D eigenvalue weighted by Crippen LogP contribution is 2.05. The van der Waals surface area contributed by atoms with E-state index in [9.17, 15) is 0 Å². The first-order valence-corrected chi connectivity index (χ1v) is 5.46. The fourth-order valence-electron chi connectivity index (χ4n) is 1.58. The van der Waals surface area contributed by atoms with Gasteiger partial charge in [0.2, 0.25) is 0 Å². The van der Waals surface area contributed by atoms with Crippen LogP contribution in [0.1, 0.15) is 19.4 Å². The Morgan fingerprint density at radius 3 is 2.67 bits per heavy atom. The van der Waals surface area contributed by atoms with Crippen molar-refractivity contribution in [1.82, 2.24) is 9.88 Å². The molecule has 1 heterocycles. The van der Waals surface area contributed by atoms with Gasteiger partial charge in [0, 0.05) is 39.1 Å². The molecule has 86 valence electrons. The Labute approximate surface area is 92.4 Å². The Balaban J connectivity index is 2.39. The standard InChI is InChI=1S/C12H22N2O/c1-10(2)12(9-15-4)13-7-11-5-6-14(3)8-11/h5-6,8,10,12-13H,7,9H2,1-4H3. The molecule has 3 nitrogen and oxygen atoms in total. The maximum atomic E-state index is 5.19. The van der Waals surface area contributed by atoms with Crippen LogP contribution in [0.3, 0.4) is 0 Å². The molecular weight excluding hydrogens is 188 g/mol. The predicted octanol–water partition coefficient (Wildman–Crippen LogP) is 1.79. The molecule has 0 aliphatic heterocycles. The fraction of sp³-hybridized carbons (Fsp3) is 0.667. The van der Waals surface area contributed by atoms with Crippen LogP contribution in [-0.4, -0.2) is 24.3 Å².